The van der Waals surface area contributed by atoms with Crippen molar-refractivity contribution < 1.29 is 18.3 Å². The lowest BCUT2D eigenvalue weighted by atomic mass is 10.6. The zero-order valence-electron chi connectivity index (χ0n) is 6.61. The van der Waals surface area contributed by atoms with Gasteiger partial charge in [0.2, 0.25) is 0 Å². The molecule has 7 heteroatoms. The van der Waals surface area contributed by atoms with E-state index in [2.05, 4.69) is 5.32 Å². The van der Waals surface area contributed by atoms with E-state index in [0.717, 1.165) is 17.0 Å². The number of aliphatic carboxylic acids is 1. The molecule has 0 fully saturated rings. The second-order valence-corrected chi connectivity index (χ2v) is 6.67. The van der Waals surface area contributed by atoms with Crippen LogP contribution in [0.1, 0.15) is 0 Å². The fourth-order valence-corrected chi connectivity index (χ4v) is 2.15. The Hall–Kier alpha value is -0.270. The average Bonchev–Trinajstić information content (AvgIpc) is 1.83. The normalized spacial score (nSPS) is 11.4. The van der Waals surface area contributed by atoms with Crippen molar-refractivity contribution in [3.8, 4) is 0 Å². The smallest absolute Gasteiger partial charge is 0.317 e. The van der Waals surface area contributed by atoms with E-state index >= 15 is 0 Å². The van der Waals surface area contributed by atoms with Crippen LogP contribution in [0.4, 0.5) is 0 Å². The number of carboxylic acid groups (broad SMARTS) is 1. The van der Waals surface area contributed by atoms with Gasteiger partial charge >= 0.3 is 5.97 Å². The van der Waals surface area contributed by atoms with Crippen LogP contribution < -0.4 is 5.32 Å². The molecule has 0 saturated carbocycles. The number of hydrogen-bond donors (Lipinski definition) is 2. The lowest BCUT2D eigenvalue weighted by Gasteiger charge is -1.99. The predicted molar refractivity (Wildman–Crippen MR) is 47.8 cm³/mol. The zero-order chi connectivity index (χ0) is 9.61. The van der Waals surface area contributed by atoms with Crippen LogP contribution in [0.25, 0.3) is 0 Å². The zero-order valence-corrected chi connectivity index (χ0v) is 8.24. The van der Waals surface area contributed by atoms with E-state index < -0.39 is 14.8 Å². The Morgan fingerprint density at radius 3 is 2.58 bits per heavy atom. The van der Waals surface area contributed by atoms with Crippen LogP contribution >= 0.6 is 10.8 Å². The second-order valence-electron chi connectivity index (χ2n) is 2.10. The maximum atomic E-state index is 10.5. The van der Waals surface area contributed by atoms with Gasteiger partial charge in [0.1, 0.15) is 0 Å². The van der Waals surface area contributed by atoms with E-state index in [4.69, 9.17) is 5.11 Å². The van der Waals surface area contributed by atoms with Crippen molar-refractivity contribution in [2.75, 3.05) is 25.1 Å². The number of hydrogen-bond acceptors (Lipinski definition) is 5. The fourth-order valence-electron chi connectivity index (χ4n) is 0.461. The molecule has 0 aromatic carbocycles. The minimum Gasteiger partial charge on any atom is -0.480 e. The Bertz CT molecular complexity index is 236. The van der Waals surface area contributed by atoms with Gasteiger partial charge < -0.3 is 10.4 Å². The highest BCUT2D eigenvalue weighted by Gasteiger charge is 2.01. The predicted octanol–water partition coefficient (Wildman–Crippen LogP) is -0.647. The largest absolute Gasteiger partial charge is 0.480 e. The van der Waals surface area contributed by atoms with Crippen molar-refractivity contribution in [3.63, 3.8) is 0 Å². The van der Waals surface area contributed by atoms with E-state index in [0.29, 0.717) is 12.3 Å². The summed E-state index contributed by atoms with van der Waals surface area (Å²) in [6.45, 7) is 0.244. The highest BCUT2D eigenvalue weighted by atomic mass is 33.1. The topological polar surface area (TPSA) is 83.5 Å². The third-order valence-corrected chi connectivity index (χ3v) is 3.44. The van der Waals surface area contributed by atoms with Crippen molar-refractivity contribution in [2.24, 2.45) is 0 Å². The molecule has 2 N–H and O–H groups in total. The maximum absolute atomic E-state index is 10.5. The van der Waals surface area contributed by atoms with E-state index in [1.54, 1.807) is 0 Å². The van der Waals surface area contributed by atoms with Crippen molar-refractivity contribution in [2.45, 2.75) is 0 Å². The number of carbonyl (C=O) groups is 1. The third-order valence-electron chi connectivity index (χ3n) is 0.852. The third kappa shape index (κ3) is 9.73. The molecular formula is C5H11NO4S2. The Labute approximate surface area is 74.9 Å². The summed E-state index contributed by atoms with van der Waals surface area (Å²) in [7, 11) is -2.19. The molecular weight excluding hydrogens is 202 g/mol. The molecule has 0 unspecified atom stereocenters. The molecule has 0 radical (unpaired) electrons. The van der Waals surface area contributed by atoms with Crippen molar-refractivity contribution in [3.05, 3.63) is 0 Å². The summed E-state index contributed by atoms with van der Waals surface area (Å²) in [5, 5.41) is 10.8. The quantitative estimate of drug-likeness (QED) is 0.451. The first-order chi connectivity index (χ1) is 5.42. The Morgan fingerprint density at radius 2 is 2.17 bits per heavy atom. The van der Waals surface area contributed by atoms with Crippen molar-refractivity contribution >= 4 is 25.6 Å². The van der Waals surface area contributed by atoms with E-state index in [9.17, 15) is 13.2 Å². The summed E-state index contributed by atoms with van der Waals surface area (Å²) >= 11 is 0. The summed E-state index contributed by atoms with van der Waals surface area (Å²) in [4.78, 5) is 9.97. The molecule has 0 spiro atoms. The van der Waals surface area contributed by atoms with Crippen LogP contribution in [-0.2, 0) is 13.7 Å². The first kappa shape index (κ1) is 11.7. The molecule has 0 saturated heterocycles. The van der Waals surface area contributed by atoms with Gasteiger partial charge in [0.15, 0.2) is 8.87 Å². The average molecular weight is 213 g/mol. The lowest BCUT2D eigenvalue weighted by Crippen LogP contribution is -2.24. The molecule has 0 bridgehead atoms. The van der Waals surface area contributed by atoms with Gasteiger partial charge in [0.25, 0.3) is 0 Å². The van der Waals surface area contributed by atoms with Gasteiger partial charge in [0, 0.05) is 18.6 Å². The maximum Gasteiger partial charge on any atom is 0.317 e. The minimum atomic E-state index is -3.00. The van der Waals surface area contributed by atoms with E-state index in [1.165, 1.54) is 0 Å². The van der Waals surface area contributed by atoms with E-state index in [-0.39, 0.29) is 6.54 Å². The summed E-state index contributed by atoms with van der Waals surface area (Å²) in [5.74, 6) is -0.578. The summed E-state index contributed by atoms with van der Waals surface area (Å²) in [6, 6.07) is 0. The van der Waals surface area contributed by atoms with Gasteiger partial charge in [0.05, 0.1) is 6.54 Å². The molecule has 5 nitrogen and oxygen atoms in total. The van der Waals surface area contributed by atoms with Crippen LogP contribution in [0, 0.1) is 0 Å². The van der Waals surface area contributed by atoms with Gasteiger partial charge in [-0.3, -0.25) is 4.79 Å². The number of rotatable bonds is 6. The lowest BCUT2D eigenvalue weighted by molar-refractivity contribution is -0.135. The minimum absolute atomic E-state index is 0.135. The molecule has 0 aliphatic rings. The molecule has 0 atom stereocenters. The van der Waals surface area contributed by atoms with Gasteiger partial charge in [-0.25, -0.2) is 8.42 Å². The summed E-state index contributed by atoms with van der Waals surface area (Å²) < 4.78 is 21.1. The first-order valence-electron chi connectivity index (χ1n) is 3.19. The highest BCUT2D eigenvalue weighted by molar-refractivity contribution is 8.71. The molecule has 0 aromatic rings. The number of carboxylic acids is 1. The number of nitrogens with one attached hydrogen (secondary N) is 1. The molecule has 0 aliphatic carbocycles. The molecule has 72 valence electrons. The second kappa shape index (κ2) is 5.39. The van der Waals surface area contributed by atoms with Crippen LogP contribution in [0.2, 0.25) is 0 Å². The Kier molecular flexibility index (Phi) is 5.27. The van der Waals surface area contributed by atoms with Gasteiger partial charge in [-0.1, -0.05) is 0 Å². The monoisotopic (exact) mass is 213 g/mol. The first-order valence-corrected chi connectivity index (χ1v) is 6.58. The van der Waals surface area contributed by atoms with Gasteiger partial charge in [-0.2, -0.15) is 0 Å². The van der Waals surface area contributed by atoms with Crippen LogP contribution in [-0.4, -0.2) is 44.6 Å². The molecule has 0 heterocycles. The molecule has 0 rings (SSSR count). The molecule has 0 aromatic heterocycles. The fraction of sp³-hybridized carbons (Fsp3) is 0.800. The van der Waals surface area contributed by atoms with Crippen molar-refractivity contribution in [1.82, 2.24) is 5.32 Å². The molecule has 0 aliphatic heterocycles. The Morgan fingerprint density at radius 1 is 1.58 bits per heavy atom. The van der Waals surface area contributed by atoms with Crippen LogP contribution in [0.3, 0.4) is 0 Å². The summed E-state index contributed by atoms with van der Waals surface area (Å²) in [6.07, 6.45) is 1.12. The van der Waals surface area contributed by atoms with Gasteiger partial charge in [-0.15, -0.1) is 0 Å². The molecule has 12 heavy (non-hydrogen) atoms. The Balaban J connectivity index is 3.29. The van der Waals surface area contributed by atoms with Crippen molar-refractivity contribution in [1.29, 1.82) is 0 Å². The van der Waals surface area contributed by atoms with Crippen LogP contribution in [0.15, 0.2) is 0 Å². The van der Waals surface area contributed by atoms with Crippen LogP contribution in [0.5, 0.6) is 0 Å². The highest BCUT2D eigenvalue weighted by Crippen LogP contribution is 2.07. The van der Waals surface area contributed by atoms with E-state index in [1.807, 2.05) is 0 Å². The SMILES string of the molecule is CS(=O)(=O)SCCNCC(=O)O. The summed E-state index contributed by atoms with van der Waals surface area (Å²) in [5.41, 5.74) is 0. The standard InChI is InChI=1S/C5H11NO4S2/c1-12(9,10)11-3-2-6-4-5(7)8/h6H,2-4H2,1H3,(H,7,8). The van der Waals surface area contributed by atoms with Gasteiger partial charge in [-0.05, 0) is 10.8 Å². The molecule has 0 amide bonds.